The standard InChI is InChI=1S/C17H20ClN3O3S/c1-2-20-8-3-9-21-12-15(10-16(21)17(20)22)25(23,24)19-11-13-4-6-14(18)7-5-13/h4-7,10,12,19H,2-3,8-9,11H2,1H3. The summed E-state index contributed by atoms with van der Waals surface area (Å²) in [5, 5.41) is 0.599. The van der Waals surface area contributed by atoms with E-state index >= 15 is 0 Å². The second-order valence-corrected chi connectivity index (χ2v) is 8.15. The van der Waals surface area contributed by atoms with Crippen LogP contribution in [0.3, 0.4) is 0 Å². The van der Waals surface area contributed by atoms with Gasteiger partial charge in [0, 0.05) is 37.4 Å². The molecule has 1 aliphatic heterocycles. The number of nitrogens with one attached hydrogen (secondary N) is 1. The van der Waals surface area contributed by atoms with Gasteiger partial charge in [0.1, 0.15) is 10.6 Å². The second-order valence-electron chi connectivity index (χ2n) is 5.94. The highest BCUT2D eigenvalue weighted by molar-refractivity contribution is 7.89. The van der Waals surface area contributed by atoms with Crippen LogP contribution in [0.15, 0.2) is 41.4 Å². The van der Waals surface area contributed by atoms with Crippen LogP contribution in [0.2, 0.25) is 5.02 Å². The largest absolute Gasteiger partial charge is 0.342 e. The van der Waals surface area contributed by atoms with Crippen LogP contribution < -0.4 is 4.72 Å². The third-order valence-corrected chi connectivity index (χ3v) is 5.90. The molecule has 0 spiro atoms. The molecule has 0 radical (unpaired) electrons. The van der Waals surface area contributed by atoms with Crippen molar-refractivity contribution in [2.45, 2.75) is 31.3 Å². The first-order chi connectivity index (χ1) is 11.9. The Bertz CT molecular complexity index is 875. The lowest BCUT2D eigenvalue weighted by atomic mass is 10.2. The van der Waals surface area contributed by atoms with Gasteiger partial charge in [-0.05, 0) is 37.1 Å². The molecule has 0 atom stereocenters. The van der Waals surface area contributed by atoms with Crippen molar-refractivity contribution in [3.8, 4) is 0 Å². The summed E-state index contributed by atoms with van der Waals surface area (Å²) in [6.45, 7) is 4.01. The third-order valence-electron chi connectivity index (χ3n) is 4.28. The summed E-state index contributed by atoms with van der Waals surface area (Å²) in [6.07, 6.45) is 2.34. The van der Waals surface area contributed by atoms with E-state index in [9.17, 15) is 13.2 Å². The predicted molar refractivity (Wildman–Crippen MR) is 96.1 cm³/mol. The number of hydrogen-bond donors (Lipinski definition) is 1. The molecule has 1 N–H and O–H groups in total. The van der Waals surface area contributed by atoms with E-state index in [1.54, 1.807) is 33.7 Å². The van der Waals surface area contributed by atoms with Crippen LogP contribution >= 0.6 is 11.6 Å². The molecular formula is C17H20ClN3O3S. The van der Waals surface area contributed by atoms with Crippen LogP contribution in [0.4, 0.5) is 0 Å². The average molecular weight is 382 g/mol. The summed E-state index contributed by atoms with van der Waals surface area (Å²) in [5.74, 6) is -0.126. The molecule has 0 saturated carbocycles. The predicted octanol–water partition coefficient (Wildman–Crippen LogP) is 2.49. The summed E-state index contributed by atoms with van der Waals surface area (Å²) < 4.78 is 29.4. The van der Waals surface area contributed by atoms with Gasteiger partial charge in [-0.3, -0.25) is 4.79 Å². The lowest BCUT2D eigenvalue weighted by Gasteiger charge is -2.17. The molecule has 25 heavy (non-hydrogen) atoms. The quantitative estimate of drug-likeness (QED) is 0.864. The molecule has 0 bridgehead atoms. The number of aryl methyl sites for hydroxylation is 1. The monoisotopic (exact) mass is 381 g/mol. The Balaban J connectivity index is 1.80. The van der Waals surface area contributed by atoms with Crippen molar-refractivity contribution in [1.82, 2.24) is 14.2 Å². The van der Waals surface area contributed by atoms with Gasteiger partial charge in [-0.25, -0.2) is 13.1 Å². The number of aromatic nitrogens is 1. The maximum absolute atomic E-state index is 12.6. The number of halogens is 1. The van der Waals surface area contributed by atoms with Crippen molar-refractivity contribution >= 4 is 27.5 Å². The number of carbonyl (C=O) groups is 1. The fourth-order valence-corrected chi connectivity index (χ4v) is 4.04. The number of carbonyl (C=O) groups excluding carboxylic acids is 1. The van der Waals surface area contributed by atoms with E-state index < -0.39 is 10.0 Å². The summed E-state index contributed by atoms with van der Waals surface area (Å²) in [6, 6.07) is 8.42. The third kappa shape index (κ3) is 3.89. The molecule has 1 aromatic heterocycles. The first-order valence-corrected chi connectivity index (χ1v) is 10.0. The Hall–Kier alpha value is -1.83. The van der Waals surface area contributed by atoms with E-state index in [0.717, 1.165) is 12.0 Å². The van der Waals surface area contributed by atoms with Crippen LogP contribution in [0, 0.1) is 0 Å². The van der Waals surface area contributed by atoms with Crippen LogP contribution in [0.5, 0.6) is 0 Å². The molecule has 0 unspecified atom stereocenters. The topological polar surface area (TPSA) is 71.4 Å². The van der Waals surface area contributed by atoms with Crippen LogP contribution in [-0.4, -0.2) is 36.9 Å². The molecule has 0 fully saturated rings. The Morgan fingerprint density at radius 2 is 1.92 bits per heavy atom. The highest BCUT2D eigenvalue weighted by Gasteiger charge is 2.26. The van der Waals surface area contributed by atoms with Gasteiger partial charge in [-0.2, -0.15) is 0 Å². The molecule has 134 valence electrons. The molecule has 1 amide bonds. The van der Waals surface area contributed by atoms with Crippen LogP contribution in [-0.2, 0) is 23.1 Å². The highest BCUT2D eigenvalue weighted by Crippen LogP contribution is 2.20. The molecule has 1 aliphatic rings. The van der Waals surface area contributed by atoms with Crippen molar-refractivity contribution in [1.29, 1.82) is 0 Å². The van der Waals surface area contributed by atoms with Crippen molar-refractivity contribution in [3.05, 3.63) is 52.8 Å². The van der Waals surface area contributed by atoms with E-state index in [-0.39, 0.29) is 17.3 Å². The molecule has 3 rings (SSSR count). The Labute approximate surface area is 152 Å². The van der Waals surface area contributed by atoms with E-state index in [2.05, 4.69) is 4.72 Å². The minimum Gasteiger partial charge on any atom is -0.342 e. The number of rotatable bonds is 5. The molecule has 6 nitrogen and oxygen atoms in total. The smallest absolute Gasteiger partial charge is 0.270 e. The number of amides is 1. The molecule has 1 aromatic carbocycles. The lowest BCUT2D eigenvalue weighted by Crippen LogP contribution is -2.30. The summed E-state index contributed by atoms with van der Waals surface area (Å²) in [4.78, 5) is 14.3. The number of hydrogen-bond acceptors (Lipinski definition) is 3. The molecular weight excluding hydrogens is 362 g/mol. The van der Waals surface area contributed by atoms with Crippen LogP contribution in [0.25, 0.3) is 0 Å². The van der Waals surface area contributed by atoms with Gasteiger partial charge in [0.25, 0.3) is 5.91 Å². The number of benzene rings is 1. The van der Waals surface area contributed by atoms with Gasteiger partial charge in [0.2, 0.25) is 10.0 Å². The molecule has 0 aliphatic carbocycles. The fraction of sp³-hybridized carbons (Fsp3) is 0.353. The summed E-state index contributed by atoms with van der Waals surface area (Å²) >= 11 is 5.83. The van der Waals surface area contributed by atoms with Crippen molar-refractivity contribution < 1.29 is 13.2 Å². The number of sulfonamides is 1. The zero-order valence-electron chi connectivity index (χ0n) is 13.9. The van der Waals surface area contributed by atoms with Gasteiger partial charge >= 0.3 is 0 Å². The molecule has 8 heteroatoms. The first-order valence-electron chi connectivity index (χ1n) is 8.14. The van der Waals surface area contributed by atoms with Crippen LogP contribution in [0.1, 0.15) is 29.4 Å². The average Bonchev–Trinajstić information content (AvgIpc) is 2.97. The van der Waals surface area contributed by atoms with E-state index in [1.165, 1.54) is 12.3 Å². The normalized spacial score (nSPS) is 15.1. The van der Waals surface area contributed by atoms with Gasteiger partial charge in [0.05, 0.1) is 0 Å². The molecule has 2 aromatic rings. The van der Waals surface area contributed by atoms with Gasteiger partial charge in [-0.1, -0.05) is 23.7 Å². The number of nitrogens with zero attached hydrogens (tertiary/aromatic N) is 2. The lowest BCUT2D eigenvalue weighted by molar-refractivity contribution is 0.0766. The van der Waals surface area contributed by atoms with Crippen molar-refractivity contribution in [2.75, 3.05) is 13.1 Å². The fourth-order valence-electron chi connectivity index (χ4n) is 2.86. The van der Waals surface area contributed by atoms with E-state index in [4.69, 9.17) is 11.6 Å². The minimum absolute atomic E-state index is 0.114. The minimum atomic E-state index is -3.70. The Morgan fingerprint density at radius 3 is 2.60 bits per heavy atom. The van der Waals surface area contributed by atoms with Gasteiger partial charge in [-0.15, -0.1) is 0 Å². The first kappa shape index (κ1) is 18.0. The van der Waals surface area contributed by atoms with Gasteiger partial charge in [0.15, 0.2) is 0 Å². The Kier molecular flexibility index (Phi) is 5.17. The zero-order valence-corrected chi connectivity index (χ0v) is 15.5. The van der Waals surface area contributed by atoms with E-state index in [1.807, 2.05) is 6.92 Å². The van der Waals surface area contributed by atoms with Crippen molar-refractivity contribution in [2.24, 2.45) is 0 Å². The van der Waals surface area contributed by atoms with E-state index in [0.29, 0.717) is 30.4 Å². The summed E-state index contributed by atoms with van der Waals surface area (Å²) in [5.41, 5.74) is 1.23. The SMILES string of the molecule is CCN1CCCn2cc(S(=O)(=O)NCc3ccc(Cl)cc3)cc2C1=O. The van der Waals surface area contributed by atoms with Gasteiger partial charge < -0.3 is 9.47 Å². The maximum atomic E-state index is 12.6. The maximum Gasteiger partial charge on any atom is 0.270 e. The number of fused-ring (bicyclic) bond motifs is 1. The second kappa shape index (κ2) is 7.19. The molecule has 0 saturated heterocycles. The highest BCUT2D eigenvalue weighted by atomic mass is 35.5. The summed E-state index contributed by atoms with van der Waals surface area (Å²) in [7, 11) is -3.70. The van der Waals surface area contributed by atoms with Crippen molar-refractivity contribution in [3.63, 3.8) is 0 Å². The molecule has 2 heterocycles. The Morgan fingerprint density at radius 1 is 1.20 bits per heavy atom. The zero-order chi connectivity index (χ0) is 18.0.